The molecule has 0 bridgehead atoms. The summed E-state index contributed by atoms with van der Waals surface area (Å²) in [5.74, 6) is 0. The standard InChI is InChI=1S/C7H13ClN2/c1-2-3-4-9-5-6-10(8)7-9/h5-6H,2-4,7H2,1H3. The van der Waals surface area contributed by atoms with E-state index >= 15 is 0 Å². The van der Waals surface area contributed by atoms with Gasteiger partial charge in [0.15, 0.2) is 0 Å². The summed E-state index contributed by atoms with van der Waals surface area (Å²) >= 11 is 5.69. The Morgan fingerprint density at radius 1 is 1.50 bits per heavy atom. The average molecular weight is 161 g/mol. The van der Waals surface area contributed by atoms with E-state index in [1.807, 2.05) is 12.4 Å². The van der Waals surface area contributed by atoms with E-state index in [9.17, 15) is 0 Å². The Morgan fingerprint density at radius 3 is 2.80 bits per heavy atom. The first-order valence-electron chi connectivity index (χ1n) is 3.67. The van der Waals surface area contributed by atoms with Crippen molar-refractivity contribution in [3.63, 3.8) is 0 Å². The van der Waals surface area contributed by atoms with Crippen molar-refractivity contribution in [2.24, 2.45) is 0 Å². The maximum atomic E-state index is 5.69. The molecule has 3 heteroatoms. The molecule has 1 rings (SSSR count). The van der Waals surface area contributed by atoms with Gasteiger partial charge >= 0.3 is 0 Å². The van der Waals surface area contributed by atoms with Crippen LogP contribution in [0.5, 0.6) is 0 Å². The van der Waals surface area contributed by atoms with Crippen LogP contribution in [0.25, 0.3) is 0 Å². The number of halogens is 1. The Bertz CT molecular complexity index is 125. The molecule has 1 aliphatic heterocycles. The van der Waals surface area contributed by atoms with Crippen molar-refractivity contribution in [2.45, 2.75) is 19.8 Å². The second-order valence-corrected chi connectivity index (χ2v) is 2.94. The van der Waals surface area contributed by atoms with Gasteiger partial charge in [-0.1, -0.05) is 13.3 Å². The van der Waals surface area contributed by atoms with E-state index in [1.165, 1.54) is 12.8 Å². The van der Waals surface area contributed by atoms with Gasteiger partial charge in [0.05, 0.1) is 0 Å². The summed E-state index contributed by atoms with van der Waals surface area (Å²) in [5.41, 5.74) is 0. The molecule has 0 unspecified atom stereocenters. The SMILES string of the molecule is CCCCN1C=CN(Cl)C1. The van der Waals surface area contributed by atoms with Gasteiger partial charge in [-0.2, -0.15) is 0 Å². The lowest BCUT2D eigenvalue weighted by molar-refractivity contribution is 0.336. The van der Waals surface area contributed by atoms with Crippen LogP contribution in [-0.2, 0) is 0 Å². The molecule has 0 saturated carbocycles. The Labute approximate surface area is 67.2 Å². The molecule has 58 valence electrons. The maximum Gasteiger partial charge on any atom is 0.105 e. The second kappa shape index (κ2) is 3.71. The van der Waals surface area contributed by atoms with Crippen LogP contribution in [-0.4, -0.2) is 22.5 Å². The number of unbranched alkanes of at least 4 members (excludes halogenated alkanes) is 1. The van der Waals surface area contributed by atoms with E-state index in [4.69, 9.17) is 11.8 Å². The highest BCUT2D eigenvalue weighted by Gasteiger charge is 2.07. The van der Waals surface area contributed by atoms with Crippen LogP contribution >= 0.6 is 11.8 Å². The fourth-order valence-corrected chi connectivity index (χ4v) is 1.13. The highest BCUT2D eigenvalue weighted by molar-refractivity contribution is 6.14. The molecule has 0 fully saturated rings. The van der Waals surface area contributed by atoms with Crippen molar-refractivity contribution in [2.75, 3.05) is 13.2 Å². The summed E-state index contributed by atoms with van der Waals surface area (Å²) in [5, 5.41) is 0. The van der Waals surface area contributed by atoms with Crippen LogP contribution in [0.2, 0.25) is 0 Å². The minimum absolute atomic E-state index is 0.835. The Kier molecular flexibility index (Phi) is 2.87. The van der Waals surface area contributed by atoms with Gasteiger partial charge in [0.25, 0.3) is 0 Å². The van der Waals surface area contributed by atoms with Crippen molar-refractivity contribution < 1.29 is 0 Å². The first kappa shape index (κ1) is 7.73. The second-order valence-electron chi connectivity index (χ2n) is 2.51. The first-order chi connectivity index (χ1) is 4.83. The molecule has 10 heavy (non-hydrogen) atoms. The summed E-state index contributed by atoms with van der Waals surface area (Å²) < 4.78 is 1.66. The number of hydrogen-bond acceptors (Lipinski definition) is 2. The van der Waals surface area contributed by atoms with Crippen LogP contribution in [0.3, 0.4) is 0 Å². The van der Waals surface area contributed by atoms with Gasteiger partial charge in [0, 0.05) is 30.7 Å². The van der Waals surface area contributed by atoms with Crippen molar-refractivity contribution in [3.8, 4) is 0 Å². The molecule has 0 aromatic rings. The molecule has 0 atom stereocenters. The molecule has 1 aliphatic rings. The fourth-order valence-electron chi connectivity index (χ4n) is 0.941. The highest BCUT2D eigenvalue weighted by Crippen LogP contribution is 2.09. The largest absolute Gasteiger partial charge is 0.357 e. The Balaban J connectivity index is 2.14. The maximum absolute atomic E-state index is 5.69. The zero-order valence-electron chi connectivity index (χ0n) is 6.26. The van der Waals surface area contributed by atoms with Gasteiger partial charge in [-0.3, -0.25) is 4.42 Å². The third kappa shape index (κ3) is 2.10. The highest BCUT2D eigenvalue weighted by atomic mass is 35.5. The fraction of sp³-hybridized carbons (Fsp3) is 0.714. The van der Waals surface area contributed by atoms with Crippen LogP contribution in [0.1, 0.15) is 19.8 Å². The molecule has 0 aliphatic carbocycles. The summed E-state index contributed by atoms with van der Waals surface area (Å²) in [4.78, 5) is 2.20. The van der Waals surface area contributed by atoms with E-state index in [0.29, 0.717) is 0 Å². The Hall–Kier alpha value is -0.370. The van der Waals surface area contributed by atoms with Gasteiger partial charge in [-0.05, 0) is 6.42 Å². The summed E-state index contributed by atoms with van der Waals surface area (Å²) in [6.45, 7) is 4.15. The van der Waals surface area contributed by atoms with Crippen LogP contribution in [0.15, 0.2) is 12.4 Å². The lowest BCUT2D eigenvalue weighted by Crippen LogP contribution is -2.20. The Morgan fingerprint density at radius 2 is 2.30 bits per heavy atom. The van der Waals surface area contributed by atoms with Gasteiger partial charge in [0.2, 0.25) is 0 Å². The van der Waals surface area contributed by atoms with Crippen molar-refractivity contribution in [1.82, 2.24) is 9.32 Å². The molecular weight excluding hydrogens is 148 g/mol. The quantitative estimate of drug-likeness (QED) is 0.583. The van der Waals surface area contributed by atoms with Crippen molar-refractivity contribution >= 4 is 11.8 Å². The average Bonchev–Trinajstić information content (AvgIpc) is 2.31. The van der Waals surface area contributed by atoms with Gasteiger partial charge in [-0.25, -0.2) is 0 Å². The molecule has 1 heterocycles. The van der Waals surface area contributed by atoms with E-state index < -0.39 is 0 Å². The molecule has 0 aromatic carbocycles. The minimum Gasteiger partial charge on any atom is -0.357 e. The molecule has 0 aromatic heterocycles. The zero-order valence-corrected chi connectivity index (χ0v) is 7.01. The van der Waals surface area contributed by atoms with E-state index in [1.54, 1.807) is 4.42 Å². The number of hydrogen-bond donors (Lipinski definition) is 0. The van der Waals surface area contributed by atoms with E-state index in [-0.39, 0.29) is 0 Å². The molecule has 0 radical (unpaired) electrons. The predicted octanol–water partition coefficient (Wildman–Crippen LogP) is 1.99. The van der Waals surface area contributed by atoms with Crippen molar-refractivity contribution in [3.05, 3.63) is 12.4 Å². The van der Waals surface area contributed by atoms with E-state index in [0.717, 1.165) is 13.2 Å². The minimum atomic E-state index is 0.835. The smallest absolute Gasteiger partial charge is 0.105 e. The number of rotatable bonds is 3. The third-order valence-corrected chi connectivity index (χ3v) is 1.77. The molecule has 2 nitrogen and oxygen atoms in total. The monoisotopic (exact) mass is 160 g/mol. The van der Waals surface area contributed by atoms with Crippen molar-refractivity contribution in [1.29, 1.82) is 0 Å². The lowest BCUT2D eigenvalue weighted by atomic mass is 10.3. The van der Waals surface area contributed by atoms with Gasteiger partial charge in [0.1, 0.15) is 6.67 Å². The number of nitrogens with zero attached hydrogens (tertiary/aromatic N) is 2. The summed E-state index contributed by atoms with van der Waals surface area (Å²) in [7, 11) is 0. The zero-order chi connectivity index (χ0) is 7.40. The predicted molar refractivity (Wildman–Crippen MR) is 43.3 cm³/mol. The van der Waals surface area contributed by atoms with Crippen LogP contribution in [0, 0.1) is 0 Å². The summed E-state index contributed by atoms with van der Waals surface area (Å²) in [6, 6.07) is 0. The molecule has 0 saturated heterocycles. The topological polar surface area (TPSA) is 6.48 Å². The van der Waals surface area contributed by atoms with Crippen LogP contribution < -0.4 is 0 Å². The van der Waals surface area contributed by atoms with Crippen LogP contribution in [0.4, 0.5) is 0 Å². The van der Waals surface area contributed by atoms with E-state index in [2.05, 4.69) is 11.8 Å². The first-order valence-corrected chi connectivity index (χ1v) is 4.01. The molecule has 0 amide bonds. The molecule has 0 spiro atoms. The summed E-state index contributed by atoms with van der Waals surface area (Å²) in [6.07, 6.45) is 6.40. The molecule has 0 N–H and O–H groups in total. The van der Waals surface area contributed by atoms with Gasteiger partial charge in [-0.15, -0.1) is 0 Å². The molecular formula is C7H13ClN2. The van der Waals surface area contributed by atoms with Gasteiger partial charge < -0.3 is 4.90 Å². The third-order valence-electron chi connectivity index (χ3n) is 1.55. The lowest BCUT2D eigenvalue weighted by Gasteiger charge is -2.15. The normalized spacial score (nSPS) is 17.0.